The van der Waals surface area contributed by atoms with Crippen molar-refractivity contribution in [3.8, 4) is 0 Å². The van der Waals surface area contributed by atoms with Crippen LogP contribution in [0.4, 0.5) is 0 Å². The number of hydrogen-bond acceptors (Lipinski definition) is 2. The molecule has 1 heterocycles. The molecule has 1 aliphatic heterocycles. The molecule has 2 aromatic rings. The number of ether oxygens (including phenoxy) is 1. The number of nitrogens with zero attached hydrogens (tertiary/aromatic N) is 1. The molecule has 0 saturated carbocycles. The number of rotatable bonds is 4. The van der Waals surface area contributed by atoms with E-state index < -0.39 is 0 Å². The molecule has 2 nitrogen and oxygen atoms in total. The van der Waals surface area contributed by atoms with Crippen molar-refractivity contribution in [2.24, 2.45) is 16.3 Å². The minimum atomic E-state index is -0.0703. The van der Waals surface area contributed by atoms with Crippen molar-refractivity contribution >= 4 is 5.90 Å². The Morgan fingerprint density at radius 3 is 2.19 bits per heavy atom. The Labute approximate surface area is 158 Å². The van der Waals surface area contributed by atoms with Crippen LogP contribution in [0.25, 0.3) is 0 Å². The minimum absolute atomic E-state index is 0.0128. The smallest absolute Gasteiger partial charge is 0.189 e. The Bertz CT molecular complexity index is 738. The van der Waals surface area contributed by atoms with Crippen molar-refractivity contribution in [2.75, 3.05) is 6.54 Å². The Morgan fingerprint density at radius 2 is 1.62 bits per heavy atom. The minimum Gasteiger partial charge on any atom is -0.472 e. The van der Waals surface area contributed by atoms with Crippen LogP contribution in [-0.4, -0.2) is 12.4 Å². The van der Waals surface area contributed by atoms with E-state index in [9.17, 15) is 0 Å². The van der Waals surface area contributed by atoms with E-state index in [1.807, 2.05) is 0 Å². The summed E-state index contributed by atoms with van der Waals surface area (Å²) in [7, 11) is 0. The van der Waals surface area contributed by atoms with Crippen LogP contribution >= 0.6 is 0 Å². The summed E-state index contributed by atoms with van der Waals surface area (Å²) < 4.78 is 6.45. The molecular weight excluding hydrogens is 318 g/mol. The van der Waals surface area contributed by atoms with E-state index in [-0.39, 0.29) is 17.4 Å². The molecule has 2 atom stereocenters. The molecule has 2 aromatic carbocycles. The van der Waals surface area contributed by atoms with Crippen molar-refractivity contribution in [1.29, 1.82) is 0 Å². The lowest BCUT2D eigenvalue weighted by Gasteiger charge is -2.36. The van der Waals surface area contributed by atoms with E-state index >= 15 is 0 Å². The van der Waals surface area contributed by atoms with Crippen LogP contribution in [0.3, 0.4) is 0 Å². The molecule has 0 saturated heterocycles. The fourth-order valence-electron chi connectivity index (χ4n) is 3.53. The molecular formula is C24H31NO. The zero-order chi connectivity index (χ0) is 18.7. The third-order valence-corrected chi connectivity index (χ3v) is 4.86. The average molecular weight is 350 g/mol. The van der Waals surface area contributed by atoms with E-state index in [0.29, 0.717) is 5.92 Å². The van der Waals surface area contributed by atoms with Crippen molar-refractivity contribution in [1.82, 2.24) is 0 Å². The van der Waals surface area contributed by atoms with E-state index in [1.165, 1.54) is 16.7 Å². The summed E-state index contributed by atoms with van der Waals surface area (Å²) in [5.74, 6) is 1.78. The Kier molecular flexibility index (Phi) is 5.50. The summed E-state index contributed by atoms with van der Waals surface area (Å²) in [5.41, 5.74) is 3.86. The first kappa shape index (κ1) is 18.7. The van der Waals surface area contributed by atoms with Gasteiger partial charge in [-0.05, 0) is 29.0 Å². The second-order valence-corrected chi connectivity index (χ2v) is 8.79. The third-order valence-electron chi connectivity index (χ3n) is 4.86. The van der Waals surface area contributed by atoms with Crippen LogP contribution < -0.4 is 0 Å². The van der Waals surface area contributed by atoms with Gasteiger partial charge in [-0.3, -0.25) is 4.99 Å². The van der Waals surface area contributed by atoms with Crippen molar-refractivity contribution in [3.63, 3.8) is 0 Å². The SMILES string of the molecule is CC(C)Cc1ccc([C@H]2CN=C(C(C)(C)C)O[C@@H]2c2ccccc2)cc1. The largest absolute Gasteiger partial charge is 0.472 e. The van der Waals surface area contributed by atoms with Gasteiger partial charge in [0.15, 0.2) is 5.90 Å². The van der Waals surface area contributed by atoms with E-state index in [2.05, 4.69) is 89.2 Å². The van der Waals surface area contributed by atoms with Gasteiger partial charge in [0.2, 0.25) is 0 Å². The molecule has 26 heavy (non-hydrogen) atoms. The first-order valence-corrected chi connectivity index (χ1v) is 9.70. The van der Waals surface area contributed by atoms with Gasteiger partial charge in [0.25, 0.3) is 0 Å². The summed E-state index contributed by atoms with van der Waals surface area (Å²) >= 11 is 0. The molecule has 0 radical (unpaired) electrons. The van der Waals surface area contributed by atoms with Gasteiger partial charge in [0.05, 0.1) is 6.54 Å². The summed E-state index contributed by atoms with van der Waals surface area (Å²) in [6.45, 7) is 11.8. The molecule has 0 N–H and O–H groups in total. The van der Waals surface area contributed by atoms with E-state index in [4.69, 9.17) is 9.73 Å². The maximum atomic E-state index is 6.45. The third kappa shape index (κ3) is 4.35. The van der Waals surface area contributed by atoms with Gasteiger partial charge in [-0.25, -0.2) is 0 Å². The summed E-state index contributed by atoms with van der Waals surface area (Å²) in [4.78, 5) is 4.80. The maximum Gasteiger partial charge on any atom is 0.189 e. The molecule has 0 amide bonds. The lowest BCUT2D eigenvalue weighted by molar-refractivity contribution is 0.123. The fraction of sp³-hybridized carbons (Fsp3) is 0.458. The van der Waals surface area contributed by atoms with Gasteiger partial charge < -0.3 is 4.74 Å². The van der Waals surface area contributed by atoms with E-state index in [0.717, 1.165) is 18.9 Å². The molecule has 0 bridgehead atoms. The van der Waals surface area contributed by atoms with Gasteiger partial charge in [-0.15, -0.1) is 0 Å². The maximum absolute atomic E-state index is 6.45. The molecule has 1 aliphatic rings. The quantitative estimate of drug-likeness (QED) is 0.645. The molecule has 0 spiro atoms. The predicted molar refractivity (Wildman–Crippen MR) is 110 cm³/mol. The standard InChI is InChI=1S/C24H31NO/c1-17(2)15-18-11-13-19(14-12-18)21-16-25-23(24(3,4)5)26-22(21)20-9-7-6-8-10-20/h6-14,17,21-22H,15-16H2,1-5H3/t21-,22-/m1/s1. The van der Waals surface area contributed by atoms with Gasteiger partial charge in [0.1, 0.15) is 6.10 Å². The second-order valence-electron chi connectivity index (χ2n) is 8.79. The van der Waals surface area contributed by atoms with Crippen molar-refractivity contribution in [2.45, 2.75) is 53.1 Å². The summed E-state index contributed by atoms with van der Waals surface area (Å²) in [6.07, 6.45) is 1.13. The Balaban J connectivity index is 1.91. The topological polar surface area (TPSA) is 21.6 Å². The first-order chi connectivity index (χ1) is 12.3. The van der Waals surface area contributed by atoms with Gasteiger partial charge in [-0.2, -0.15) is 0 Å². The lowest BCUT2D eigenvalue weighted by Crippen LogP contribution is -2.33. The van der Waals surface area contributed by atoms with Crippen LogP contribution in [0, 0.1) is 11.3 Å². The van der Waals surface area contributed by atoms with Crippen LogP contribution in [0.2, 0.25) is 0 Å². The fourth-order valence-corrected chi connectivity index (χ4v) is 3.53. The number of aliphatic imine (C=N–C) groups is 1. The van der Waals surface area contributed by atoms with Crippen LogP contribution in [0.1, 0.15) is 63.3 Å². The highest BCUT2D eigenvalue weighted by Gasteiger charge is 2.35. The predicted octanol–water partition coefficient (Wildman–Crippen LogP) is 6.18. The van der Waals surface area contributed by atoms with Crippen molar-refractivity contribution in [3.05, 3.63) is 71.3 Å². The summed E-state index contributed by atoms with van der Waals surface area (Å²) in [5, 5.41) is 0. The van der Waals surface area contributed by atoms with Gasteiger partial charge in [0, 0.05) is 11.3 Å². The molecule has 2 heteroatoms. The first-order valence-electron chi connectivity index (χ1n) is 9.70. The molecule has 0 fully saturated rings. The average Bonchev–Trinajstić information content (AvgIpc) is 2.61. The van der Waals surface area contributed by atoms with Crippen molar-refractivity contribution < 1.29 is 4.74 Å². The normalized spacial score (nSPS) is 20.6. The van der Waals surface area contributed by atoms with Crippen LogP contribution in [0.5, 0.6) is 0 Å². The van der Waals surface area contributed by atoms with Gasteiger partial charge in [-0.1, -0.05) is 89.2 Å². The van der Waals surface area contributed by atoms with Crippen LogP contribution in [-0.2, 0) is 11.2 Å². The molecule has 0 aromatic heterocycles. The second kappa shape index (κ2) is 7.65. The highest BCUT2D eigenvalue weighted by Crippen LogP contribution is 2.39. The highest BCUT2D eigenvalue weighted by molar-refractivity contribution is 5.82. The Morgan fingerprint density at radius 1 is 0.962 bits per heavy atom. The molecule has 3 rings (SSSR count). The summed E-state index contributed by atoms with van der Waals surface area (Å²) in [6, 6.07) is 19.6. The van der Waals surface area contributed by atoms with Crippen LogP contribution in [0.15, 0.2) is 59.6 Å². The highest BCUT2D eigenvalue weighted by atomic mass is 16.5. The molecule has 0 aliphatic carbocycles. The number of hydrogen-bond donors (Lipinski definition) is 0. The molecule has 0 unspecified atom stereocenters. The molecule has 138 valence electrons. The number of benzene rings is 2. The Hall–Kier alpha value is -2.09. The lowest BCUT2D eigenvalue weighted by atomic mass is 9.86. The monoisotopic (exact) mass is 349 g/mol. The zero-order valence-electron chi connectivity index (χ0n) is 16.7. The van der Waals surface area contributed by atoms with E-state index in [1.54, 1.807) is 0 Å². The van der Waals surface area contributed by atoms with Gasteiger partial charge >= 0.3 is 0 Å². The zero-order valence-corrected chi connectivity index (χ0v) is 16.7.